The molecule has 0 aliphatic rings. The van der Waals surface area contributed by atoms with Gasteiger partial charge in [0.25, 0.3) is 11.4 Å². The van der Waals surface area contributed by atoms with Gasteiger partial charge in [-0.2, -0.15) is 10.2 Å². The summed E-state index contributed by atoms with van der Waals surface area (Å²) in [5.74, 6) is 0.782. The second-order valence-corrected chi connectivity index (χ2v) is 4.86. The van der Waals surface area contributed by atoms with E-state index in [0.29, 0.717) is 22.6 Å². The van der Waals surface area contributed by atoms with E-state index in [1.807, 2.05) is 0 Å². The highest BCUT2D eigenvalue weighted by molar-refractivity contribution is 5.87. The fraction of sp³-hybridized carbons (Fsp3) is 0.125. The molecule has 0 radical (unpaired) electrons. The van der Waals surface area contributed by atoms with Crippen LogP contribution >= 0.6 is 0 Å². The smallest absolute Gasteiger partial charge is 0.270 e. The predicted molar refractivity (Wildman–Crippen MR) is 94.5 cm³/mol. The van der Waals surface area contributed by atoms with Crippen LogP contribution in [0.3, 0.4) is 0 Å². The van der Waals surface area contributed by atoms with Crippen LogP contribution in [0.5, 0.6) is 11.5 Å². The van der Waals surface area contributed by atoms with Gasteiger partial charge in [0.1, 0.15) is 11.5 Å². The first-order valence-corrected chi connectivity index (χ1v) is 7.17. The molecular weight excluding hydrogens is 344 g/mol. The van der Waals surface area contributed by atoms with Crippen LogP contribution in [-0.4, -0.2) is 36.5 Å². The summed E-state index contributed by atoms with van der Waals surface area (Å²) in [4.78, 5) is 20.6. The summed E-state index contributed by atoms with van der Waals surface area (Å²) in [6.07, 6.45) is 2.57. The molecule has 0 unspecified atom stereocenters. The molecule has 0 amide bonds. The van der Waals surface area contributed by atoms with E-state index in [-0.39, 0.29) is 11.4 Å². The lowest BCUT2D eigenvalue weighted by Crippen LogP contribution is -1.95. The van der Waals surface area contributed by atoms with Crippen molar-refractivity contribution in [2.24, 2.45) is 10.2 Å². The van der Waals surface area contributed by atoms with E-state index >= 15 is 0 Å². The predicted octanol–water partition coefficient (Wildman–Crippen LogP) is 2.97. The number of ether oxygens (including phenoxy) is 2. The quantitative estimate of drug-likeness (QED) is 0.425. The molecule has 10 nitrogen and oxygen atoms in total. The van der Waals surface area contributed by atoms with Crippen molar-refractivity contribution in [2.45, 2.75) is 0 Å². The van der Waals surface area contributed by atoms with Gasteiger partial charge in [-0.1, -0.05) is 0 Å². The van der Waals surface area contributed by atoms with Crippen LogP contribution in [0.25, 0.3) is 0 Å². The van der Waals surface area contributed by atoms with Crippen LogP contribution < -0.4 is 9.47 Å². The Morgan fingerprint density at radius 1 is 0.808 bits per heavy atom. The second kappa shape index (κ2) is 8.33. The molecule has 26 heavy (non-hydrogen) atoms. The molecule has 0 spiro atoms. The van der Waals surface area contributed by atoms with Crippen molar-refractivity contribution in [1.82, 2.24) is 0 Å². The van der Waals surface area contributed by atoms with Gasteiger partial charge in [0.05, 0.1) is 36.5 Å². The Labute approximate surface area is 147 Å². The van der Waals surface area contributed by atoms with Gasteiger partial charge in [-0.05, 0) is 12.1 Å². The number of nitro groups is 2. The van der Waals surface area contributed by atoms with Crippen LogP contribution in [0.15, 0.2) is 46.6 Å². The van der Waals surface area contributed by atoms with E-state index in [1.165, 1.54) is 63.0 Å². The first kappa shape index (κ1) is 18.5. The zero-order chi connectivity index (χ0) is 19.1. The normalized spacial score (nSPS) is 11.0. The molecule has 0 saturated carbocycles. The number of rotatable bonds is 7. The van der Waals surface area contributed by atoms with Gasteiger partial charge in [0, 0.05) is 35.4 Å². The second-order valence-electron chi connectivity index (χ2n) is 4.86. The molecule has 10 heteroatoms. The van der Waals surface area contributed by atoms with Gasteiger partial charge >= 0.3 is 0 Å². The zero-order valence-electron chi connectivity index (χ0n) is 13.9. The minimum atomic E-state index is -0.534. The Morgan fingerprint density at radius 3 is 1.50 bits per heavy atom. The molecule has 0 N–H and O–H groups in total. The lowest BCUT2D eigenvalue weighted by molar-refractivity contribution is -0.385. The van der Waals surface area contributed by atoms with Gasteiger partial charge in [-0.25, -0.2) is 0 Å². The van der Waals surface area contributed by atoms with Gasteiger partial charge in [-0.15, -0.1) is 0 Å². The van der Waals surface area contributed by atoms with Crippen molar-refractivity contribution in [3.05, 3.63) is 67.8 Å². The number of methoxy groups -OCH3 is 2. The molecule has 0 aromatic heterocycles. The molecule has 0 fully saturated rings. The van der Waals surface area contributed by atoms with E-state index in [1.54, 1.807) is 0 Å². The molecule has 0 saturated heterocycles. The third kappa shape index (κ3) is 4.38. The summed E-state index contributed by atoms with van der Waals surface area (Å²) in [5, 5.41) is 29.3. The first-order chi connectivity index (χ1) is 12.5. The Hall–Kier alpha value is -3.82. The van der Waals surface area contributed by atoms with E-state index in [2.05, 4.69) is 10.2 Å². The molecule has 2 aromatic rings. The third-order valence-corrected chi connectivity index (χ3v) is 3.31. The van der Waals surface area contributed by atoms with E-state index < -0.39 is 9.85 Å². The fourth-order valence-corrected chi connectivity index (χ4v) is 2.06. The number of benzene rings is 2. The Kier molecular flexibility index (Phi) is 5.93. The Morgan fingerprint density at radius 2 is 1.19 bits per heavy atom. The number of non-ortho nitro benzene ring substituents is 2. The number of nitrogens with zero attached hydrogens (tertiary/aromatic N) is 4. The van der Waals surface area contributed by atoms with Crippen molar-refractivity contribution < 1.29 is 19.3 Å². The molecule has 2 aromatic carbocycles. The lowest BCUT2D eigenvalue weighted by Gasteiger charge is -2.03. The monoisotopic (exact) mass is 358 g/mol. The average molecular weight is 358 g/mol. The van der Waals surface area contributed by atoms with Crippen LogP contribution in [-0.2, 0) is 0 Å². The minimum absolute atomic E-state index is 0.114. The summed E-state index contributed by atoms with van der Waals surface area (Å²) in [6.45, 7) is 0. The Bertz CT molecular complexity index is 821. The highest BCUT2D eigenvalue weighted by atomic mass is 16.6. The summed E-state index contributed by atoms with van der Waals surface area (Å²) in [6, 6.07) is 8.12. The van der Waals surface area contributed by atoms with E-state index in [9.17, 15) is 20.2 Å². The van der Waals surface area contributed by atoms with Crippen LogP contribution in [0.1, 0.15) is 11.1 Å². The number of hydrogen-bond acceptors (Lipinski definition) is 8. The minimum Gasteiger partial charge on any atom is -0.496 e. The topological polar surface area (TPSA) is 129 Å². The fourth-order valence-electron chi connectivity index (χ4n) is 2.06. The van der Waals surface area contributed by atoms with Crippen molar-refractivity contribution >= 4 is 23.8 Å². The van der Waals surface area contributed by atoms with Gasteiger partial charge in [0.2, 0.25) is 0 Å². The van der Waals surface area contributed by atoms with Gasteiger partial charge in [0.15, 0.2) is 0 Å². The number of nitro benzene ring substituents is 2. The zero-order valence-corrected chi connectivity index (χ0v) is 13.9. The largest absolute Gasteiger partial charge is 0.496 e. The maximum Gasteiger partial charge on any atom is 0.270 e. The summed E-state index contributed by atoms with van der Waals surface area (Å²) >= 11 is 0. The average Bonchev–Trinajstić information content (AvgIpc) is 2.64. The van der Waals surface area contributed by atoms with Crippen molar-refractivity contribution in [2.75, 3.05) is 14.2 Å². The Balaban J connectivity index is 2.28. The highest BCUT2D eigenvalue weighted by Crippen LogP contribution is 2.23. The lowest BCUT2D eigenvalue weighted by atomic mass is 10.2. The standard InChI is InChI=1S/C16H14N4O6/c1-25-15-5-3-13(19(21)22)7-11(15)9-17-18-10-12-8-14(20(23)24)4-6-16(12)26-2/h3-10H,1-2H3/b17-9+,18-10+. The molecule has 134 valence electrons. The summed E-state index contributed by atoms with van der Waals surface area (Å²) < 4.78 is 10.2. The van der Waals surface area contributed by atoms with Gasteiger partial charge in [-0.3, -0.25) is 20.2 Å². The molecule has 0 aliphatic carbocycles. The maximum absolute atomic E-state index is 10.8. The molecular formula is C16H14N4O6. The van der Waals surface area contributed by atoms with Crippen molar-refractivity contribution in [3.63, 3.8) is 0 Å². The molecule has 0 heterocycles. The van der Waals surface area contributed by atoms with E-state index in [4.69, 9.17) is 9.47 Å². The molecule has 2 rings (SSSR count). The van der Waals surface area contributed by atoms with Crippen LogP contribution in [0.2, 0.25) is 0 Å². The molecule has 0 bridgehead atoms. The van der Waals surface area contributed by atoms with Crippen molar-refractivity contribution in [3.8, 4) is 11.5 Å². The molecule has 0 atom stereocenters. The maximum atomic E-state index is 10.8. The van der Waals surface area contributed by atoms with Crippen LogP contribution in [0, 0.1) is 20.2 Å². The van der Waals surface area contributed by atoms with Gasteiger partial charge < -0.3 is 9.47 Å². The third-order valence-electron chi connectivity index (χ3n) is 3.31. The summed E-state index contributed by atoms with van der Waals surface area (Å²) in [7, 11) is 2.85. The van der Waals surface area contributed by atoms with E-state index in [0.717, 1.165) is 0 Å². The van der Waals surface area contributed by atoms with Crippen molar-refractivity contribution in [1.29, 1.82) is 0 Å². The number of hydrogen-bond donors (Lipinski definition) is 0. The molecule has 0 aliphatic heterocycles. The highest BCUT2D eigenvalue weighted by Gasteiger charge is 2.11. The SMILES string of the molecule is COc1ccc([N+](=O)[O-])cc1/C=N/N=C/c1cc([N+](=O)[O-])ccc1OC. The summed E-state index contributed by atoms with van der Waals surface area (Å²) in [5.41, 5.74) is 0.503. The first-order valence-electron chi connectivity index (χ1n) is 7.17. The van der Waals surface area contributed by atoms with Crippen LogP contribution in [0.4, 0.5) is 11.4 Å².